The Morgan fingerprint density at radius 1 is 1.38 bits per heavy atom. The number of nitrogens with one attached hydrogen (secondary N) is 1. The second kappa shape index (κ2) is 5.32. The van der Waals surface area contributed by atoms with Gasteiger partial charge in [0.25, 0.3) is 0 Å². The molecule has 1 aromatic carbocycles. The van der Waals surface area contributed by atoms with E-state index in [0.29, 0.717) is 11.8 Å². The van der Waals surface area contributed by atoms with Crippen LogP contribution in [0.4, 0.5) is 0 Å². The van der Waals surface area contributed by atoms with Crippen LogP contribution in [0.5, 0.6) is 5.75 Å². The van der Waals surface area contributed by atoms with Crippen molar-refractivity contribution in [1.82, 2.24) is 5.32 Å². The second-order valence-corrected chi connectivity index (χ2v) is 4.37. The van der Waals surface area contributed by atoms with Crippen LogP contribution in [-0.2, 0) is 6.42 Å². The summed E-state index contributed by atoms with van der Waals surface area (Å²) in [4.78, 5) is 0. The number of phenolic OH excluding ortho intramolecular Hbond substituents is 1. The summed E-state index contributed by atoms with van der Waals surface area (Å²) in [6, 6.07) is 6.06. The first-order chi connectivity index (χ1) is 7.81. The van der Waals surface area contributed by atoms with E-state index < -0.39 is 0 Å². The van der Waals surface area contributed by atoms with Gasteiger partial charge in [-0.1, -0.05) is 12.1 Å². The number of phenols is 1. The molecule has 1 aromatic rings. The van der Waals surface area contributed by atoms with E-state index in [1.807, 2.05) is 6.07 Å². The molecule has 88 valence electrons. The van der Waals surface area contributed by atoms with E-state index in [1.165, 1.54) is 12.0 Å². The first kappa shape index (κ1) is 11.4. The molecule has 0 unspecified atom stereocenters. The van der Waals surface area contributed by atoms with Crippen molar-refractivity contribution in [2.75, 3.05) is 13.2 Å². The number of hydrogen-bond acceptors (Lipinski definition) is 3. The van der Waals surface area contributed by atoms with Crippen molar-refractivity contribution in [1.29, 1.82) is 0 Å². The minimum absolute atomic E-state index is 0.220. The van der Waals surface area contributed by atoms with E-state index >= 15 is 0 Å². The highest BCUT2D eigenvalue weighted by atomic mass is 16.3. The standard InChI is InChI=1S/C13H19NO2/c15-8-2-3-10-5-6-13(16)11(9-10)12-4-1-7-14-12/h5-6,9,12,14-16H,1-4,7-8H2/t12-/m0/s1. The minimum atomic E-state index is 0.220. The van der Waals surface area contributed by atoms with Crippen molar-refractivity contribution in [2.45, 2.75) is 31.7 Å². The average molecular weight is 221 g/mol. The molecule has 0 aromatic heterocycles. The third kappa shape index (κ3) is 2.54. The Hall–Kier alpha value is -1.06. The highest BCUT2D eigenvalue weighted by Crippen LogP contribution is 2.31. The van der Waals surface area contributed by atoms with E-state index in [2.05, 4.69) is 11.4 Å². The number of hydrogen-bond donors (Lipinski definition) is 3. The van der Waals surface area contributed by atoms with Crippen molar-refractivity contribution in [3.05, 3.63) is 29.3 Å². The van der Waals surface area contributed by atoms with Gasteiger partial charge in [-0.2, -0.15) is 0 Å². The molecule has 0 radical (unpaired) electrons. The van der Waals surface area contributed by atoms with Gasteiger partial charge in [0.15, 0.2) is 0 Å². The lowest BCUT2D eigenvalue weighted by Crippen LogP contribution is -2.13. The fraction of sp³-hybridized carbons (Fsp3) is 0.538. The quantitative estimate of drug-likeness (QED) is 0.726. The third-order valence-corrected chi connectivity index (χ3v) is 3.15. The lowest BCUT2D eigenvalue weighted by molar-refractivity contribution is 0.288. The van der Waals surface area contributed by atoms with Gasteiger partial charge in [-0.3, -0.25) is 0 Å². The first-order valence-corrected chi connectivity index (χ1v) is 5.97. The van der Waals surface area contributed by atoms with Crippen LogP contribution in [0.3, 0.4) is 0 Å². The smallest absolute Gasteiger partial charge is 0.120 e. The molecule has 0 bridgehead atoms. The molecule has 3 N–H and O–H groups in total. The molecule has 0 aliphatic carbocycles. The molecule has 1 aliphatic rings. The van der Waals surface area contributed by atoms with Gasteiger partial charge in [0.1, 0.15) is 5.75 Å². The van der Waals surface area contributed by atoms with Gasteiger partial charge in [-0.15, -0.1) is 0 Å². The van der Waals surface area contributed by atoms with Crippen LogP contribution in [0.2, 0.25) is 0 Å². The molecule has 1 saturated heterocycles. The summed E-state index contributed by atoms with van der Waals surface area (Å²) < 4.78 is 0. The van der Waals surface area contributed by atoms with Gasteiger partial charge in [-0.05, 0) is 43.9 Å². The van der Waals surface area contributed by atoms with Crippen molar-refractivity contribution < 1.29 is 10.2 Å². The van der Waals surface area contributed by atoms with Gasteiger partial charge in [0.05, 0.1) is 0 Å². The summed E-state index contributed by atoms with van der Waals surface area (Å²) in [7, 11) is 0. The molecule has 2 rings (SSSR count). The van der Waals surface area contributed by atoms with Gasteiger partial charge in [-0.25, -0.2) is 0 Å². The Labute approximate surface area is 96.1 Å². The monoisotopic (exact) mass is 221 g/mol. The molecule has 1 atom stereocenters. The van der Waals surface area contributed by atoms with Crippen molar-refractivity contribution >= 4 is 0 Å². The number of rotatable bonds is 4. The SMILES string of the molecule is OCCCc1ccc(O)c([C@@H]2CCCN2)c1. The maximum absolute atomic E-state index is 9.83. The molecular weight excluding hydrogens is 202 g/mol. The summed E-state index contributed by atoms with van der Waals surface area (Å²) in [5, 5.41) is 22.0. The van der Waals surface area contributed by atoms with E-state index in [9.17, 15) is 5.11 Å². The first-order valence-electron chi connectivity index (χ1n) is 5.97. The Morgan fingerprint density at radius 2 is 2.25 bits per heavy atom. The van der Waals surface area contributed by atoms with Gasteiger partial charge in [0.2, 0.25) is 0 Å². The van der Waals surface area contributed by atoms with Crippen LogP contribution in [0.1, 0.15) is 36.4 Å². The number of aliphatic hydroxyl groups excluding tert-OH is 1. The van der Waals surface area contributed by atoms with E-state index in [-0.39, 0.29) is 6.61 Å². The zero-order chi connectivity index (χ0) is 11.4. The molecule has 16 heavy (non-hydrogen) atoms. The van der Waals surface area contributed by atoms with Crippen LogP contribution in [0, 0.1) is 0 Å². The van der Waals surface area contributed by atoms with E-state index in [4.69, 9.17) is 5.11 Å². The number of benzene rings is 1. The lowest BCUT2D eigenvalue weighted by Gasteiger charge is -2.14. The van der Waals surface area contributed by atoms with Gasteiger partial charge >= 0.3 is 0 Å². The van der Waals surface area contributed by atoms with Crippen molar-refractivity contribution in [3.63, 3.8) is 0 Å². The zero-order valence-electron chi connectivity index (χ0n) is 9.45. The molecular formula is C13H19NO2. The number of aromatic hydroxyl groups is 1. The summed E-state index contributed by atoms with van der Waals surface area (Å²) in [6.07, 6.45) is 3.92. The summed E-state index contributed by atoms with van der Waals surface area (Å²) in [5.74, 6) is 0.382. The zero-order valence-corrected chi connectivity index (χ0v) is 9.45. The number of aryl methyl sites for hydroxylation is 1. The molecule has 0 saturated carbocycles. The van der Waals surface area contributed by atoms with Crippen LogP contribution >= 0.6 is 0 Å². The minimum Gasteiger partial charge on any atom is -0.508 e. The van der Waals surface area contributed by atoms with E-state index in [1.54, 1.807) is 6.07 Å². The van der Waals surface area contributed by atoms with Gasteiger partial charge < -0.3 is 15.5 Å². The molecule has 1 heterocycles. The van der Waals surface area contributed by atoms with Crippen LogP contribution in [0.15, 0.2) is 18.2 Å². The topological polar surface area (TPSA) is 52.5 Å². The Bertz CT molecular complexity index is 346. The summed E-state index contributed by atoms with van der Waals surface area (Å²) in [5.41, 5.74) is 2.20. The number of aliphatic hydroxyl groups is 1. The molecule has 0 spiro atoms. The summed E-state index contributed by atoms with van der Waals surface area (Å²) in [6.45, 7) is 1.25. The van der Waals surface area contributed by atoms with Crippen LogP contribution < -0.4 is 5.32 Å². The molecule has 3 heteroatoms. The Kier molecular flexibility index (Phi) is 3.80. The summed E-state index contributed by atoms with van der Waals surface area (Å²) >= 11 is 0. The Morgan fingerprint density at radius 3 is 2.94 bits per heavy atom. The van der Waals surface area contributed by atoms with Crippen LogP contribution in [-0.4, -0.2) is 23.4 Å². The Balaban J connectivity index is 2.15. The van der Waals surface area contributed by atoms with Crippen molar-refractivity contribution in [2.24, 2.45) is 0 Å². The third-order valence-electron chi connectivity index (χ3n) is 3.15. The lowest BCUT2D eigenvalue weighted by atomic mass is 9.99. The highest BCUT2D eigenvalue weighted by Gasteiger charge is 2.19. The fourth-order valence-corrected chi connectivity index (χ4v) is 2.27. The molecule has 0 amide bonds. The maximum Gasteiger partial charge on any atom is 0.120 e. The van der Waals surface area contributed by atoms with E-state index in [0.717, 1.165) is 31.4 Å². The molecule has 1 aliphatic heterocycles. The maximum atomic E-state index is 9.83. The van der Waals surface area contributed by atoms with Crippen LogP contribution in [0.25, 0.3) is 0 Å². The predicted octanol–water partition coefficient (Wildman–Crippen LogP) is 1.74. The fourth-order valence-electron chi connectivity index (χ4n) is 2.27. The largest absolute Gasteiger partial charge is 0.508 e. The highest BCUT2D eigenvalue weighted by molar-refractivity contribution is 5.38. The normalized spacial score (nSPS) is 20.2. The molecule has 3 nitrogen and oxygen atoms in total. The predicted molar refractivity (Wildman–Crippen MR) is 63.5 cm³/mol. The van der Waals surface area contributed by atoms with Crippen molar-refractivity contribution in [3.8, 4) is 5.75 Å². The molecule has 1 fully saturated rings. The average Bonchev–Trinajstić information content (AvgIpc) is 2.81. The second-order valence-electron chi connectivity index (χ2n) is 4.37. The van der Waals surface area contributed by atoms with Gasteiger partial charge in [0, 0.05) is 18.2 Å².